The minimum atomic E-state index is -3.70. The van der Waals surface area contributed by atoms with Crippen LogP contribution in [0.15, 0.2) is 23.1 Å². The molecule has 1 aromatic carbocycles. The van der Waals surface area contributed by atoms with E-state index in [-0.39, 0.29) is 27.0 Å². The maximum absolute atomic E-state index is 12.2. The maximum atomic E-state index is 12.2. The summed E-state index contributed by atoms with van der Waals surface area (Å²) in [5.41, 5.74) is 5.76. The van der Waals surface area contributed by atoms with Crippen molar-refractivity contribution in [3.05, 3.63) is 28.2 Å². The maximum Gasteiger partial charge on any atom is 0.243 e. The molecule has 0 amide bonds. The summed E-state index contributed by atoms with van der Waals surface area (Å²) in [6.45, 7) is 0. The van der Waals surface area contributed by atoms with Crippen LogP contribution in [0.25, 0.3) is 0 Å². The zero-order valence-corrected chi connectivity index (χ0v) is 11.9. The Morgan fingerprint density at radius 2 is 1.83 bits per heavy atom. The Morgan fingerprint density at radius 1 is 1.22 bits per heavy atom. The third-order valence-corrected chi connectivity index (χ3v) is 5.46. The molecule has 4 nitrogen and oxygen atoms in total. The quantitative estimate of drug-likeness (QED) is 0.898. The van der Waals surface area contributed by atoms with Crippen LogP contribution in [0.5, 0.6) is 0 Å². The Hall–Kier alpha value is -0.330. The van der Waals surface area contributed by atoms with Gasteiger partial charge in [0.2, 0.25) is 10.0 Å². The second kappa shape index (κ2) is 5.35. The zero-order chi connectivity index (χ0) is 13.3. The van der Waals surface area contributed by atoms with Crippen molar-refractivity contribution in [1.29, 1.82) is 0 Å². The minimum Gasteiger partial charge on any atom is -0.328 e. The lowest BCUT2D eigenvalue weighted by Crippen LogP contribution is -2.34. The van der Waals surface area contributed by atoms with Gasteiger partial charge in [0.15, 0.2) is 0 Å². The second-order valence-corrected chi connectivity index (χ2v) is 6.91. The van der Waals surface area contributed by atoms with E-state index in [1.165, 1.54) is 12.1 Å². The number of hydrogen-bond acceptors (Lipinski definition) is 3. The molecule has 0 aromatic heterocycles. The molecule has 0 spiro atoms. The zero-order valence-electron chi connectivity index (χ0n) is 9.57. The Labute approximate surface area is 117 Å². The summed E-state index contributed by atoms with van der Waals surface area (Å²) in [5, 5.41) is 0.245. The summed E-state index contributed by atoms with van der Waals surface area (Å²) in [4.78, 5) is -0.0613. The third-order valence-electron chi connectivity index (χ3n) is 2.98. The molecular formula is C11H14Cl2N2O2S. The summed E-state index contributed by atoms with van der Waals surface area (Å²) < 4.78 is 27.0. The van der Waals surface area contributed by atoms with E-state index in [1.54, 1.807) is 6.07 Å². The molecule has 7 heteroatoms. The first-order valence-corrected chi connectivity index (χ1v) is 7.86. The molecule has 100 valence electrons. The number of benzene rings is 1. The van der Waals surface area contributed by atoms with Gasteiger partial charge in [-0.15, -0.1) is 0 Å². The summed E-state index contributed by atoms with van der Waals surface area (Å²) in [6.07, 6.45) is 2.20. The van der Waals surface area contributed by atoms with Gasteiger partial charge in [0.25, 0.3) is 0 Å². The van der Waals surface area contributed by atoms with Crippen LogP contribution >= 0.6 is 23.2 Å². The van der Waals surface area contributed by atoms with Crippen molar-refractivity contribution >= 4 is 33.2 Å². The number of sulfonamides is 1. The van der Waals surface area contributed by atoms with Gasteiger partial charge in [-0.1, -0.05) is 29.3 Å². The molecule has 1 saturated carbocycles. The predicted molar refractivity (Wildman–Crippen MR) is 72.4 cm³/mol. The number of hydrogen-bond donors (Lipinski definition) is 2. The Kier molecular flexibility index (Phi) is 4.18. The van der Waals surface area contributed by atoms with Gasteiger partial charge in [-0.05, 0) is 31.4 Å². The lowest BCUT2D eigenvalue weighted by Gasteiger charge is -2.14. The normalized spacial score (nSPS) is 24.4. The van der Waals surface area contributed by atoms with Crippen LogP contribution in [0.4, 0.5) is 0 Å². The van der Waals surface area contributed by atoms with Crippen molar-refractivity contribution in [3.63, 3.8) is 0 Å². The van der Waals surface area contributed by atoms with Gasteiger partial charge >= 0.3 is 0 Å². The van der Waals surface area contributed by atoms with Crippen LogP contribution in [-0.4, -0.2) is 20.5 Å². The molecule has 0 unspecified atom stereocenters. The summed E-state index contributed by atoms with van der Waals surface area (Å²) in [5.74, 6) is 0. The monoisotopic (exact) mass is 308 g/mol. The average molecular weight is 309 g/mol. The van der Waals surface area contributed by atoms with E-state index in [1.807, 2.05) is 0 Å². The molecule has 1 aromatic rings. The van der Waals surface area contributed by atoms with Crippen LogP contribution in [-0.2, 0) is 10.0 Å². The van der Waals surface area contributed by atoms with Gasteiger partial charge < -0.3 is 5.73 Å². The first kappa shape index (κ1) is 14.1. The molecule has 18 heavy (non-hydrogen) atoms. The van der Waals surface area contributed by atoms with Crippen molar-refractivity contribution < 1.29 is 8.42 Å². The first-order chi connectivity index (χ1) is 8.40. The molecule has 0 radical (unpaired) electrons. The van der Waals surface area contributed by atoms with Crippen molar-refractivity contribution in [2.45, 2.75) is 36.2 Å². The fourth-order valence-corrected chi connectivity index (χ4v) is 4.57. The first-order valence-electron chi connectivity index (χ1n) is 5.62. The number of nitrogens with one attached hydrogen (secondary N) is 1. The van der Waals surface area contributed by atoms with Crippen LogP contribution in [0.2, 0.25) is 10.0 Å². The molecule has 1 fully saturated rings. The largest absolute Gasteiger partial charge is 0.328 e. The minimum absolute atomic E-state index is 0.0550. The molecule has 3 N–H and O–H groups in total. The van der Waals surface area contributed by atoms with Gasteiger partial charge in [-0.3, -0.25) is 0 Å². The fraction of sp³-hybridized carbons (Fsp3) is 0.455. The topological polar surface area (TPSA) is 72.2 Å². The molecule has 2 rings (SSSR count). The van der Waals surface area contributed by atoms with E-state index < -0.39 is 10.0 Å². The third kappa shape index (κ3) is 2.97. The number of halogens is 2. The van der Waals surface area contributed by atoms with E-state index in [9.17, 15) is 8.42 Å². The van der Waals surface area contributed by atoms with Gasteiger partial charge in [0.05, 0.1) is 10.0 Å². The molecule has 1 aliphatic carbocycles. The molecule has 0 saturated heterocycles. The highest BCUT2D eigenvalue weighted by molar-refractivity contribution is 7.89. The molecule has 1 aliphatic rings. The van der Waals surface area contributed by atoms with Gasteiger partial charge in [0, 0.05) is 12.1 Å². The lowest BCUT2D eigenvalue weighted by molar-refractivity contribution is 0.549. The van der Waals surface area contributed by atoms with E-state index in [0.29, 0.717) is 6.42 Å². The molecule has 0 bridgehead atoms. The van der Waals surface area contributed by atoms with Crippen molar-refractivity contribution in [1.82, 2.24) is 4.72 Å². The van der Waals surface area contributed by atoms with E-state index in [4.69, 9.17) is 28.9 Å². The highest BCUT2D eigenvalue weighted by Gasteiger charge is 2.29. The Bertz CT molecular complexity index is 528. The molecule has 0 aliphatic heterocycles. The Morgan fingerprint density at radius 3 is 2.33 bits per heavy atom. The summed E-state index contributed by atoms with van der Waals surface area (Å²) in [6, 6.07) is 4.52. The Balaban J connectivity index is 2.26. The van der Waals surface area contributed by atoms with Crippen LogP contribution in [0, 0.1) is 0 Å². The SMILES string of the molecule is N[C@H]1CC[C@H](NS(=O)(=O)c2c(Cl)cccc2Cl)C1. The van der Waals surface area contributed by atoms with E-state index in [0.717, 1.165) is 12.8 Å². The van der Waals surface area contributed by atoms with Gasteiger partial charge in [0.1, 0.15) is 4.90 Å². The summed E-state index contributed by atoms with van der Waals surface area (Å²) in [7, 11) is -3.70. The number of nitrogens with two attached hydrogens (primary N) is 1. The van der Waals surface area contributed by atoms with E-state index in [2.05, 4.69) is 4.72 Å². The van der Waals surface area contributed by atoms with Crippen molar-refractivity contribution in [2.75, 3.05) is 0 Å². The van der Waals surface area contributed by atoms with Crippen LogP contribution < -0.4 is 10.5 Å². The highest BCUT2D eigenvalue weighted by atomic mass is 35.5. The smallest absolute Gasteiger partial charge is 0.243 e. The standard InChI is InChI=1S/C11H14Cl2N2O2S/c12-9-2-1-3-10(13)11(9)18(16,17)15-8-5-4-7(14)6-8/h1-3,7-8,15H,4-6,14H2/t7-,8-/m0/s1. The van der Waals surface area contributed by atoms with Crippen LogP contribution in [0.3, 0.4) is 0 Å². The van der Waals surface area contributed by atoms with Crippen molar-refractivity contribution in [2.24, 2.45) is 5.73 Å². The van der Waals surface area contributed by atoms with Crippen molar-refractivity contribution in [3.8, 4) is 0 Å². The fourth-order valence-electron chi connectivity index (χ4n) is 2.14. The van der Waals surface area contributed by atoms with Gasteiger partial charge in [-0.25, -0.2) is 13.1 Å². The summed E-state index contributed by atoms with van der Waals surface area (Å²) >= 11 is 11.8. The lowest BCUT2D eigenvalue weighted by atomic mass is 10.2. The average Bonchev–Trinajstić information content (AvgIpc) is 2.62. The second-order valence-electron chi connectivity index (χ2n) is 4.44. The highest BCUT2D eigenvalue weighted by Crippen LogP contribution is 2.30. The number of rotatable bonds is 3. The van der Waals surface area contributed by atoms with E-state index >= 15 is 0 Å². The van der Waals surface area contributed by atoms with Crippen LogP contribution in [0.1, 0.15) is 19.3 Å². The molecule has 2 atom stereocenters. The predicted octanol–water partition coefficient (Wildman–Crippen LogP) is 2.15. The molecular weight excluding hydrogens is 295 g/mol. The molecule has 0 heterocycles. The van der Waals surface area contributed by atoms with Gasteiger partial charge in [-0.2, -0.15) is 0 Å².